The zero-order chi connectivity index (χ0) is 9.84. The Kier molecular flexibility index (Phi) is 2.90. The van der Waals surface area contributed by atoms with Gasteiger partial charge in [-0.15, -0.1) is 0 Å². The second-order valence-corrected chi connectivity index (χ2v) is 3.07. The zero-order valence-corrected chi connectivity index (χ0v) is 7.65. The molecule has 0 aliphatic carbocycles. The molecule has 0 atom stereocenters. The maximum atomic E-state index is 10.2. The summed E-state index contributed by atoms with van der Waals surface area (Å²) >= 11 is 0. The van der Waals surface area contributed by atoms with Crippen molar-refractivity contribution in [3.63, 3.8) is 0 Å². The van der Waals surface area contributed by atoms with E-state index in [4.69, 9.17) is 9.52 Å². The molecule has 70 valence electrons. The van der Waals surface area contributed by atoms with Crippen molar-refractivity contribution in [1.82, 2.24) is 0 Å². The maximum Gasteiger partial charge on any atom is 0.328 e. The van der Waals surface area contributed by atoms with Gasteiger partial charge in [-0.3, -0.25) is 0 Å². The Morgan fingerprint density at radius 1 is 1.54 bits per heavy atom. The minimum atomic E-state index is -0.970. The summed E-state index contributed by atoms with van der Waals surface area (Å²) < 4.78 is 5.35. The Morgan fingerprint density at radius 3 is 2.69 bits per heavy atom. The minimum Gasteiger partial charge on any atom is -0.478 e. The lowest BCUT2D eigenvalue weighted by molar-refractivity contribution is -0.131. The molecule has 0 unspecified atom stereocenters. The largest absolute Gasteiger partial charge is 0.478 e. The minimum absolute atomic E-state index is 0.326. The lowest BCUT2D eigenvalue weighted by Crippen LogP contribution is -1.84. The van der Waals surface area contributed by atoms with Crippen LogP contribution in [0.1, 0.15) is 31.3 Å². The van der Waals surface area contributed by atoms with E-state index in [1.54, 1.807) is 6.07 Å². The van der Waals surface area contributed by atoms with Crippen molar-refractivity contribution < 1.29 is 14.3 Å². The zero-order valence-electron chi connectivity index (χ0n) is 7.65. The predicted octanol–water partition coefficient (Wildman–Crippen LogP) is 2.50. The third-order valence-corrected chi connectivity index (χ3v) is 1.61. The quantitative estimate of drug-likeness (QED) is 0.727. The highest BCUT2D eigenvalue weighted by Crippen LogP contribution is 2.18. The van der Waals surface area contributed by atoms with Crippen LogP contribution in [-0.2, 0) is 4.79 Å². The molecule has 0 spiro atoms. The van der Waals surface area contributed by atoms with Crippen LogP contribution in [0.25, 0.3) is 6.08 Å². The van der Waals surface area contributed by atoms with Gasteiger partial charge in [-0.1, -0.05) is 13.8 Å². The number of carboxylic acids is 1. The summed E-state index contributed by atoms with van der Waals surface area (Å²) in [5.74, 6) is 0.797. The molecule has 0 aliphatic rings. The number of carboxylic acid groups (broad SMARTS) is 1. The van der Waals surface area contributed by atoms with Gasteiger partial charge in [-0.2, -0.15) is 0 Å². The highest BCUT2D eigenvalue weighted by Gasteiger charge is 2.03. The molecular formula is C10H12O3. The van der Waals surface area contributed by atoms with E-state index >= 15 is 0 Å². The first-order valence-electron chi connectivity index (χ1n) is 4.10. The summed E-state index contributed by atoms with van der Waals surface area (Å²) in [4.78, 5) is 10.2. The van der Waals surface area contributed by atoms with E-state index in [0.717, 1.165) is 11.8 Å². The molecule has 3 nitrogen and oxygen atoms in total. The van der Waals surface area contributed by atoms with E-state index in [1.165, 1.54) is 6.08 Å². The van der Waals surface area contributed by atoms with Crippen LogP contribution in [0, 0.1) is 0 Å². The first-order chi connectivity index (χ1) is 6.09. The first-order valence-corrected chi connectivity index (χ1v) is 4.10. The molecule has 0 saturated heterocycles. The van der Waals surface area contributed by atoms with E-state index in [2.05, 4.69) is 0 Å². The topological polar surface area (TPSA) is 50.4 Å². The summed E-state index contributed by atoms with van der Waals surface area (Å²) in [6, 6.07) is 3.61. The van der Waals surface area contributed by atoms with Crippen molar-refractivity contribution in [2.24, 2.45) is 0 Å². The van der Waals surface area contributed by atoms with Gasteiger partial charge in [0.2, 0.25) is 0 Å². The lowest BCUT2D eigenvalue weighted by atomic mass is 10.2. The van der Waals surface area contributed by atoms with Crippen molar-refractivity contribution in [3.8, 4) is 0 Å². The summed E-state index contributed by atoms with van der Waals surface area (Å²) in [7, 11) is 0. The SMILES string of the molecule is CC(C)c1ccc(/C=C/C(=O)O)o1. The predicted molar refractivity (Wildman–Crippen MR) is 49.5 cm³/mol. The van der Waals surface area contributed by atoms with E-state index < -0.39 is 5.97 Å². The van der Waals surface area contributed by atoms with Gasteiger partial charge in [0, 0.05) is 12.0 Å². The fourth-order valence-electron chi connectivity index (χ4n) is 0.922. The molecule has 1 heterocycles. The second-order valence-electron chi connectivity index (χ2n) is 3.07. The van der Waals surface area contributed by atoms with Crippen LogP contribution < -0.4 is 0 Å². The van der Waals surface area contributed by atoms with Gasteiger partial charge >= 0.3 is 5.97 Å². The van der Waals surface area contributed by atoms with Crippen molar-refractivity contribution in [2.75, 3.05) is 0 Å². The van der Waals surface area contributed by atoms with E-state index in [9.17, 15) is 4.79 Å². The summed E-state index contributed by atoms with van der Waals surface area (Å²) in [5, 5.41) is 8.36. The smallest absolute Gasteiger partial charge is 0.328 e. The Bertz CT molecular complexity index is 321. The van der Waals surface area contributed by atoms with Gasteiger partial charge in [-0.05, 0) is 18.2 Å². The third kappa shape index (κ3) is 2.78. The van der Waals surface area contributed by atoms with E-state index in [0.29, 0.717) is 11.7 Å². The van der Waals surface area contributed by atoms with Crippen molar-refractivity contribution >= 4 is 12.0 Å². The number of carbonyl (C=O) groups is 1. The highest BCUT2D eigenvalue weighted by molar-refractivity contribution is 5.84. The standard InChI is InChI=1S/C10H12O3/c1-7(2)9-5-3-8(13-9)4-6-10(11)12/h3-7H,1-2H3,(H,11,12)/b6-4+. The molecule has 0 radical (unpaired) electrons. The van der Waals surface area contributed by atoms with E-state index in [-0.39, 0.29) is 0 Å². The lowest BCUT2D eigenvalue weighted by Gasteiger charge is -1.96. The number of hydrogen-bond donors (Lipinski definition) is 1. The van der Waals surface area contributed by atoms with Gasteiger partial charge in [0.15, 0.2) is 0 Å². The van der Waals surface area contributed by atoms with Crippen LogP contribution in [0.2, 0.25) is 0 Å². The number of aliphatic carboxylic acids is 1. The van der Waals surface area contributed by atoms with Gasteiger partial charge in [-0.25, -0.2) is 4.79 Å². The monoisotopic (exact) mass is 180 g/mol. The maximum absolute atomic E-state index is 10.2. The van der Waals surface area contributed by atoms with Gasteiger partial charge in [0.25, 0.3) is 0 Å². The molecule has 0 saturated carbocycles. The number of rotatable bonds is 3. The van der Waals surface area contributed by atoms with Crippen LogP contribution >= 0.6 is 0 Å². The number of hydrogen-bond acceptors (Lipinski definition) is 2. The van der Waals surface area contributed by atoms with Crippen LogP contribution in [0.3, 0.4) is 0 Å². The Morgan fingerprint density at radius 2 is 2.23 bits per heavy atom. The molecule has 13 heavy (non-hydrogen) atoms. The highest BCUT2D eigenvalue weighted by atomic mass is 16.4. The molecule has 1 rings (SSSR count). The van der Waals surface area contributed by atoms with Crippen LogP contribution in [0.5, 0.6) is 0 Å². The van der Waals surface area contributed by atoms with Gasteiger partial charge in [0.05, 0.1) is 0 Å². The van der Waals surface area contributed by atoms with Crippen LogP contribution in [0.15, 0.2) is 22.6 Å². The molecular weight excluding hydrogens is 168 g/mol. The Hall–Kier alpha value is -1.51. The average Bonchev–Trinajstić information content (AvgIpc) is 2.48. The molecule has 1 aromatic rings. The Labute approximate surface area is 76.7 Å². The molecule has 0 bridgehead atoms. The molecule has 0 aliphatic heterocycles. The summed E-state index contributed by atoms with van der Waals surface area (Å²) in [6.07, 6.45) is 2.50. The Balaban J connectivity index is 2.75. The molecule has 3 heteroatoms. The molecule has 0 amide bonds. The first kappa shape index (κ1) is 9.58. The van der Waals surface area contributed by atoms with Crippen molar-refractivity contribution in [1.29, 1.82) is 0 Å². The summed E-state index contributed by atoms with van der Waals surface area (Å²) in [5.41, 5.74) is 0. The average molecular weight is 180 g/mol. The molecule has 1 N–H and O–H groups in total. The van der Waals surface area contributed by atoms with Crippen LogP contribution in [0.4, 0.5) is 0 Å². The van der Waals surface area contributed by atoms with Crippen LogP contribution in [-0.4, -0.2) is 11.1 Å². The van der Waals surface area contributed by atoms with Gasteiger partial charge in [0.1, 0.15) is 11.5 Å². The molecule has 0 fully saturated rings. The van der Waals surface area contributed by atoms with E-state index in [1.807, 2.05) is 19.9 Å². The fourth-order valence-corrected chi connectivity index (χ4v) is 0.922. The fraction of sp³-hybridized carbons (Fsp3) is 0.300. The second kappa shape index (κ2) is 3.94. The molecule has 1 aromatic heterocycles. The van der Waals surface area contributed by atoms with Gasteiger partial charge < -0.3 is 9.52 Å². The third-order valence-electron chi connectivity index (χ3n) is 1.61. The van der Waals surface area contributed by atoms with Crippen molar-refractivity contribution in [2.45, 2.75) is 19.8 Å². The number of furan rings is 1. The molecule has 0 aromatic carbocycles. The summed E-state index contributed by atoms with van der Waals surface area (Å²) in [6.45, 7) is 4.03. The van der Waals surface area contributed by atoms with Crippen molar-refractivity contribution in [3.05, 3.63) is 29.7 Å². The normalized spacial score (nSPS) is 11.3.